The van der Waals surface area contributed by atoms with Crippen molar-refractivity contribution >= 4 is 6.03 Å². The van der Waals surface area contributed by atoms with Crippen LogP contribution in [0.15, 0.2) is 54.6 Å². The van der Waals surface area contributed by atoms with Crippen LogP contribution in [0.2, 0.25) is 0 Å². The minimum Gasteiger partial charge on any atom is -0.496 e. The van der Waals surface area contributed by atoms with Crippen LogP contribution in [0.3, 0.4) is 0 Å². The molecule has 2 aromatic rings. The van der Waals surface area contributed by atoms with Gasteiger partial charge in [-0.1, -0.05) is 48.5 Å². The summed E-state index contributed by atoms with van der Waals surface area (Å²) in [5, 5.41) is 2.90. The van der Waals surface area contributed by atoms with Gasteiger partial charge < -0.3 is 15.0 Å². The SMILES string of the molecule is COc1ccccc1CN(C)C(=O)NCc1ccccc1. The molecule has 21 heavy (non-hydrogen) atoms. The predicted molar refractivity (Wildman–Crippen MR) is 83.1 cm³/mol. The van der Waals surface area contributed by atoms with Gasteiger partial charge >= 0.3 is 6.03 Å². The van der Waals surface area contributed by atoms with E-state index < -0.39 is 0 Å². The molecule has 0 bridgehead atoms. The molecule has 2 aromatic carbocycles. The quantitative estimate of drug-likeness (QED) is 0.917. The van der Waals surface area contributed by atoms with Gasteiger partial charge in [-0.15, -0.1) is 0 Å². The Morgan fingerprint density at radius 2 is 1.76 bits per heavy atom. The van der Waals surface area contributed by atoms with Crippen molar-refractivity contribution in [2.45, 2.75) is 13.1 Å². The summed E-state index contributed by atoms with van der Waals surface area (Å²) in [7, 11) is 3.40. The molecular weight excluding hydrogens is 264 g/mol. The summed E-state index contributed by atoms with van der Waals surface area (Å²) in [6.07, 6.45) is 0. The molecular formula is C17H20N2O2. The van der Waals surface area contributed by atoms with Crippen molar-refractivity contribution in [3.63, 3.8) is 0 Å². The minimum absolute atomic E-state index is 0.107. The maximum Gasteiger partial charge on any atom is 0.317 e. The first-order chi connectivity index (χ1) is 10.2. The third-order valence-electron chi connectivity index (χ3n) is 3.23. The van der Waals surface area contributed by atoms with Gasteiger partial charge in [-0.2, -0.15) is 0 Å². The van der Waals surface area contributed by atoms with Gasteiger partial charge in [-0.05, 0) is 11.6 Å². The number of benzene rings is 2. The van der Waals surface area contributed by atoms with Gasteiger partial charge in [0.1, 0.15) is 5.75 Å². The van der Waals surface area contributed by atoms with Gasteiger partial charge in [0.25, 0.3) is 0 Å². The molecule has 0 saturated heterocycles. The first kappa shape index (κ1) is 14.9. The van der Waals surface area contributed by atoms with E-state index in [0.29, 0.717) is 13.1 Å². The molecule has 110 valence electrons. The van der Waals surface area contributed by atoms with Crippen LogP contribution in [0.25, 0.3) is 0 Å². The lowest BCUT2D eigenvalue weighted by Gasteiger charge is -2.19. The van der Waals surface area contributed by atoms with Crippen LogP contribution >= 0.6 is 0 Å². The van der Waals surface area contributed by atoms with E-state index in [1.165, 1.54) is 0 Å². The normalized spacial score (nSPS) is 10.0. The first-order valence-corrected chi connectivity index (χ1v) is 6.85. The van der Waals surface area contributed by atoms with E-state index in [0.717, 1.165) is 16.9 Å². The molecule has 4 nitrogen and oxygen atoms in total. The summed E-state index contributed by atoms with van der Waals surface area (Å²) in [6.45, 7) is 1.03. The number of hydrogen-bond acceptors (Lipinski definition) is 2. The maximum absolute atomic E-state index is 12.1. The van der Waals surface area contributed by atoms with Crippen molar-refractivity contribution < 1.29 is 9.53 Å². The average Bonchev–Trinajstić information content (AvgIpc) is 2.54. The molecule has 0 aromatic heterocycles. The van der Waals surface area contributed by atoms with Crippen LogP contribution < -0.4 is 10.1 Å². The Balaban J connectivity index is 1.90. The summed E-state index contributed by atoms with van der Waals surface area (Å²) in [6, 6.07) is 17.4. The Kier molecular flexibility index (Phi) is 5.21. The lowest BCUT2D eigenvalue weighted by Crippen LogP contribution is -2.36. The van der Waals surface area contributed by atoms with Crippen molar-refractivity contribution in [2.24, 2.45) is 0 Å². The number of rotatable bonds is 5. The molecule has 1 N–H and O–H groups in total. The summed E-state index contributed by atoms with van der Waals surface area (Å²) in [5.41, 5.74) is 2.06. The Morgan fingerprint density at radius 3 is 2.48 bits per heavy atom. The highest BCUT2D eigenvalue weighted by molar-refractivity contribution is 5.73. The number of nitrogens with one attached hydrogen (secondary N) is 1. The first-order valence-electron chi connectivity index (χ1n) is 6.85. The number of hydrogen-bond donors (Lipinski definition) is 1. The van der Waals surface area contributed by atoms with Gasteiger partial charge in [-0.3, -0.25) is 0 Å². The molecule has 0 aliphatic rings. The third-order valence-corrected chi connectivity index (χ3v) is 3.23. The second-order valence-electron chi connectivity index (χ2n) is 4.81. The Hall–Kier alpha value is -2.49. The third kappa shape index (κ3) is 4.24. The molecule has 0 saturated carbocycles. The molecule has 0 unspecified atom stereocenters. The number of amides is 2. The summed E-state index contributed by atoms with van der Waals surface area (Å²) >= 11 is 0. The van der Waals surface area contributed by atoms with Crippen molar-refractivity contribution in [1.82, 2.24) is 10.2 Å². The Morgan fingerprint density at radius 1 is 1.10 bits per heavy atom. The van der Waals surface area contributed by atoms with E-state index in [2.05, 4.69) is 5.32 Å². The molecule has 0 spiro atoms. The van der Waals surface area contributed by atoms with E-state index in [1.807, 2.05) is 54.6 Å². The van der Waals surface area contributed by atoms with Crippen molar-refractivity contribution in [1.29, 1.82) is 0 Å². The Labute approximate surface area is 125 Å². The molecule has 2 amide bonds. The fourth-order valence-electron chi connectivity index (χ4n) is 2.07. The summed E-state index contributed by atoms with van der Waals surface area (Å²) < 4.78 is 5.30. The number of ether oxygens (including phenoxy) is 1. The van der Waals surface area contributed by atoms with Crippen molar-refractivity contribution in [2.75, 3.05) is 14.2 Å². The number of carbonyl (C=O) groups excluding carboxylic acids is 1. The maximum atomic E-state index is 12.1. The van der Waals surface area contributed by atoms with Crippen LogP contribution in [-0.2, 0) is 13.1 Å². The van der Waals surface area contributed by atoms with Crippen LogP contribution in [-0.4, -0.2) is 25.1 Å². The molecule has 4 heteroatoms. The Bertz CT molecular complexity index is 584. The number of methoxy groups -OCH3 is 1. The second kappa shape index (κ2) is 7.33. The summed E-state index contributed by atoms with van der Waals surface area (Å²) in [5.74, 6) is 0.792. The molecule has 2 rings (SSSR count). The van der Waals surface area contributed by atoms with Gasteiger partial charge in [-0.25, -0.2) is 4.79 Å². The standard InChI is InChI=1S/C17H20N2O2/c1-19(13-15-10-6-7-11-16(15)21-2)17(20)18-12-14-8-4-3-5-9-14/h3-11H,12-13H2,1-2H3,(H,18,20). The molecule has 0 fully saturated rings. The van der Waals surface area contributed by atoms with E-state index in [9.17, 15) is 4.79 Å². The number of para-hydroxylation sites is 1. The topological polar surface area (TPSA) is 41.6 Å². The van der Waals surface area contributed by atoms with Crippen molar-refractivity contribution in [3.8, 4) is 5.75 Å². The molecule has 0 aliphatic heterocycles. The molecule has 0 aliphatic carbocycles. The van der Waals surface area contributed by atoms with Gasteiger partial charge in [0.15, 0.2) is 0 Å². The zero-order chi connectivity index (χ0) is 15.1. The molecule has 0 heterocycles. The van der Waals surface area contributed by atoms with Crippen molar-refractivity contribution in [3.05, 3.63) is 65.7 Å². The number of nitrogens with zero attached hydrogens (tertiary/aromatic N) is 1. The van der Waals surface area contributed by atoms with Crippen LogP contribution in [0, 0.1) is 0 Å². The predicted octanol–water partition coefficient (Wildman–Crippen LogP) is 3.04. The summed E-state index contributed by atoms with van der Waals surface area (Å²) in [4.78, 5) is 13.7. The van der Waals surface area contributed by atoms with Crippen LogP contribution in [0.5, 0.6) is 5.75 Å². The minimum atomic E-state index is -0.107. The highest BCUT2D eigenvalue weighted by Crippen LogP contribution is 2.18. The second-order valence-corrected chi connectivity index (χ2v) is 4.81. The smallest absolute Gasteiger partial charge is 0.317 e. The molecule has 0 radical (unpaired) electrons. The largest absolute Gasteiger partial charge is 0.496 e. The zero-order valence-corrected chi connectivity index (χ0v) is 12.4. The van der Waals surface area contributed by atoms with E-state index in [1.54, 1.807) is 19.1 Å². The van der Waals surface area contributed by atoms with Crippen LogP contribution in [0.1, 0.15) is 11.1 Å². The highest BCUT2D eigenvalue weighted by atomic mass is 16.5. The lowest BCUT2D eigenvalue weighted by atomic mass is 10.2. The molecule has 0 atom stereocenters. The van der Waals surface area contributed by atoms with E-state index >= 15 is 0 Å². The van der Waals surface area contributed by atoms with E-state index in [-0.39, 0.29) is 6.03 Å². The average molecular weight is 284 g/mol. The zero-order valence-electron chi connectivity index (χ0n) is 12.4. The fourth-order valence-corrected chi connectivity index (χ4v) is 2.07. The van der Waals surface area contributed by atoms with Crippen LogP contribution in [0.4, 0.5) is 4.79 Å². The number of carbonyl (C=O) groups is 1. The fraction of sp³-hybridized carbons (Fsp3) is 0.235. The number of urea groups is 1. The monoisotopic (exact) mass is 284 g/mol. The van der Waals surface area contributed by atoms with E-state index in [4.69, 9.17) is 4.74 Å². The highest BCUT2D eigenvalue weighted by Gasteiger charge is 2.11. The lowest BCUT2D eigenvalue weighted by molar-refractivity contribution is 0.206. The van der Waals surface area contributed by atoms with Gasteiger partial charge in [0.2, 0.25) is 0 Å². The van der Waals surface area contributed by atoms with Gasteiger partial charge in [0.05, 0.1) is 13.7 Å². The van der Waals surface area contributed by atoms with Gasteiger partial charge in [0, 0.05) is 19.2 Å².